The summed E-state index contributed by atoms with van der Waals surface area (Å²) in [4.78, 5) is 28.1. The van der Waals surface area contributed by atoms with Crippen molar-refractivity contribution >= 4 is 45.6 Å². The lowest BCUT2D eigenvalue weighted by Crippen LogP contribution is -2.24. The van der Waals surface area contributed by atoms with Crippen molar-refractivity contribution in [2.75, 3.05) is 24.9 Å². The maximum Gasteiger partial charge on any atom is 0.255 e. The summed E-state index contributed by atoms with van der Waals surface area (Å²) in [6.45, 7) is 4.19. The van der Waals surface area contributed by atoms with E-state index >= 15 is 0 Å². The maximum absolute atomic E-state index is 13.2. The predicted octanol–water partition coefficient (Wildman–Crippen LogP) is 6.52. The molecule has 2 atom stereocenters. The highest BCUT2D eigenvalue weighted by molar-refractivity contribution is 8.00. The molecular formula is C29H31N3O4S2. The number of anilines is 2. The van der Waals surface area contributed by atoms with Gasteiger partial charge in [-0.3, -0.25) is 9.59 Å². The standard InChI is InChI=1S/C29H31N3O4S2/c1-5-25(28(34)32-29-22(16-30)21-11-9-17(2)13-26(21)38-29)37-20-8-6-7-19(15-20)31-27(33)18-10-12-23(35-3)24(14-18)36-4/h6-8,10,12,14-15,17,25H,5,9,11,13H2,1-4H3,(H,31,33)(H,32,34). The fraction of sp³-hybridized carbons (Fsp3) is 0.345. The first-order chi connectivity index (χ1) is 18.4. The molecule has 0 radical (unpaired) electrons. The number of nitrogens with one attached hydrogen (secondary N) is 2. The Balaban J connectivity index is 1.44. The molecule has 2 aromatic carbocycles. The number of carbonyl (C=O) groups is 2. The van der Waals surface area contributed by atoms with Crippen molar-refractivity contribution in [3.05, 3.63) is 64.0 Å². The second-order valence-electron chi connectivity index (χ2n) is 9.22. The first kappa shape index (κ1) is 27.6. The lowest BCUT2D eigenvalue weighted by atomic mass is 9.88. The summed E-state index contributed by atoms with van der Waals surface area (Å²) in [6.07, 6.45) is 3.53. The number of ether oxygens (including phenoxy) is 2. The lowest BCUT2D eigenvalue weighted by Gasteiger charge is -2.17. The summed E-state index contributed by atoms with van der Waals surface area (Å²) in [6, 6.07) is 14.7. The van der Waals surface area contributed by atoms with Crippen LogP contribution in [0.5, 0.6) is 11.5 Å². The monoisotopic (exact) mass is 549 g/mol. The van der Waals surface area contributed by atoms with Crippen molar-refractivity contribution in [1.82, 2.24) is 0 Å². The van der Waals surface area contributed by atoms with Crippen LogP contribution in [0.3, 0.4) is 0 Å². The zero-order valence-electron chi connectivity index (χ0n) is 21.9. The van der Waals surface area contributed by atoms with E-state index in [-0.39, 0.29) is 17.1 Å². The van der Waals surface area contributed by atoms with Crippen LogP contribution in [-0.4, -0.2) is 31.3 Å². The minimum atomic E-state index is -0.351. The Morgan fingerprint density at radius 2 is 1.95 bits per heavy atom. The molecule has 1 aromatic heterocycles. The number of nitriles is 1. The van der Waals surface area contributed by atoms with E-state index in [2.05, 4.69) is 23.6 Å². The fourth-order valence-electron chi connectivity index (χ4n) is 4.46. The molecule has 0 spiro atoms. The molecule has 0 aliphatic heterocycles. The highest BCUT2D eigenvalue weighted by Crippen LogP contribution is 2.40. The zero-order chi connectivity index (χ0) is 27.2. The van der Waals surface area contributed by atoms with Gasteiger partial charge in [0.1, 0.15) is 11.1 Å². The number of hydrogen-bond donors (Lipinski definition) is 2. The summed E-state index contributed by atoms with van der Waals surface area (Å²) in [5.74, 6) is 1.21. The largest absolute Gasteiger partial charge is 0.493 e. The quantitative estimate of drug-likeness (QED) is 0.295. The highest BCUT2D eigenvalue weighted by atomic mass is 32.2. The van der Waals surface area contributed by atoms with E-state index in [1.54, 1.807) is 31.4 Å². The number of thioether (sulfide) groups is 1. The minimum absolute atomic E-state index is 0.125. The molecule has 1 aliphatic rings. The molecular weight excluding hydrogens is 518 g/mol. The molecule has 2 unspecified atom stereocenters. The van der Waals surface area contributed by atoms with Crippen LogP contribution in [0, 0.1) is 17.2 Å². The zero-order valence-corrected chi connectivity index (χ0v) is 23.6. The van der Waals surface area contributed by atoms with Gasteiger partial charge >= 0.3 is 0 Å². The van der Waals surface area contributed by atoms with Crippen molar-refractivity contribution in [3.63, 3.8) is 0 Å². The average molecular weight is 550 g/mol. The van der Waals surface area contributed by atoms with Crippen molar-refractivity contribution in [2.45, 2.75) is 49.7 Å². The summed E-state index contributed by atoms with van der Waals surface area (Å²) in [7, 11) is 3.07. The average Bonchev–Trinajstić information content (AvgIpc) is 3.26. The molecule has 0 saturated carbocycles. The third-order valence-electron chi connectivity index (χ3n) is 6.54. The number of carbonyl (C=O) groups excluding carboxylic acids is 2. The molecule has 7 nitrogen and oxygen atoms in total. The van der Waals surface area contributed by atoms with E-state index in [0.717, 1.165) is 29.7 Å². The van der Waals surface area contributed by atoms with E-state index in [0.29, 0.717) is 45.7 Å². The Labute approximate surface area is 231 Å². The van der Waals surface area contributed by atoms with Gasteiger partial charge in [-0.15, -0.1) is 23.1 Å². The minimum Gasteiger partial charge on any atom is -0.493 e. The van der Waals surface area contributed by atoms with Gasteiger partial charge in [-0.05, 0) is 73.6 Å². The van der Waals surface area contributed by atoms with E-state index in [4.69, 9.17) is 9.47 Å². The number of amides is 2. The smallest absolute Gasteiger partial charge is 0.255 e. The van der Waals surface area contributed by atoms with Crippen molar-refractivity contribution in [1.29, 1.82) is 5.26 Å². The first-order valence-corrected chi connectivity index (χ1v) is 14.2. The van der Waals surface area contributed by atoms with Crippen LogP contribution in [-0.2, 0) is 17.6 Å². The van der Waals surface area contributed by atoms with E-state index in [1.807, 2.05) is 25.1 Å². The predicted molar refractivity (Wildman–Crippen MR) is 153 cm³/mol. The third-order valence-corrected chi connectivity index (χ3v) is 9.07. The first-order valence-electron chi connectivity index (χ1n) is 12.5. The molecule has 3 aromatic rings. The molecule has 2 N–H and O–H groups in total. The molecule has 2 amide bonds. The number of benzene rings is 2. The van der Waals surface area contributed by atoms with Crippen LogP contribution in [0.2, 0.25) is 0 Å². The van der Waals surface area contributed by atoms with Crippen LogP contribution in [0.15, 0.2) is 47.4 Å². The van der Waals surface area contributed by atoms with Gasteiger partial charge in [-0.1, -0.05) is 19.9 Å². The van der Waals surface area contributed by atoms with Crippen molar-refractivity contribution < 1.29 is 19.1 Å². The molecule has 1 aliphatic carbocycles. The normalized spacial score (nSPS) is 15.1. The Morgan fingerprint density at radius 3 is 2.66 bits per heavy atom. The van der Waals surface area contributed by atoms with Gasteiger partial charge in [0.15, 0.2) is 11.5 Å². The van der Waals surface area contributed by atoms with E-state index < -0.39 is 0 Å². The molecule has 198 valence electrons. The van der Waals surface area contributed by atoms with Crippen LogP contribution in [0.25, 0.3) is 0 Å². The second-order valence-corrected chi connectivity index (χ2v) is 11.6. The van der Waals surface area contributed by atoms with E-state index in [9.17, 15) is 14.9 Å². The van der Waals surface area contributed by atoms with Crippen LogP contribution >= 0.6 is 23.1 Å². The number of nitrogens with zero attached hydrogens (tertiary/aromatic N) is 1. The van der Waals surface area contributed by atoms with Gasteiger partial charge < -0.3 is 20.1 Å². The van der Waals surface area contributed by atoms with Crippen LogP contribution < -0.4 is 20.1 Å². The second kappa shape index (κ2) is 12.4. The topological polar surface area (TPSA) is 100 Å². The molecule has 38 heavy (non-hydrogen) atoms. The molecule has 0 fully saturated rings. The summed E-state index contributed by atoms with van der Waals surface area (Å²) in [5.41, 5.74) is 2.78. The summed E-state index contributed by atoms with van der Waals surface area (Å²) >= 11 is 2.97. The van der Waals surface area contributed by atoms with Gasteiger partial charge in [-0.2, -0.15) is 5.26 Å². The molecule has 9 heteroatoms. The Morgan fingerprint density at radius 1 is 1.16 bits per heavy atom. The fourth-order valence-corrected chi connectivity index (χ4v) is 6.84. The molecule has 0 saturated heterocycles. The number of rotatable bonds is 9. The molecule has 1 heterocycles. The van der Waals surface area contributed by atoms with Crippen LogP contribution in [0.1, 0.15) is 53.1 Å². The molecule has 0 bridgehead atoms. The summed E-state index contributed by atoms with van der Waals surface area (Å²) in [5, 5.41) is 16.0. The van der Waals surface area contributed by atoms with Gasteiger partial charge in [0.2, 0.25) is 5.91 Å². The number of hydrogen-bond acceptors (Lipinski definition) is 7. The van der Waals surface area contributed by atoms with E-state index in [1.165, 1.54) is 35.1 Å². The number of methoxy groups -OCH3 is 2. The highest BCUT2D eigenvalue weighted by Gasteiger charge is 2.26. The Bertz CT molecular complexity index is 1380. The van der Waals surface area contributed by atoms with Gasteiger partial charge in [0.25, 0.3) is 5.91 Å². The Kier molecular flexibility index (Phi) is 8.97. The van der Waals surface area contributed by atoms with Gasteiger partial charge in [-0.25, -0.2) is 0 Å². The van der Waals surface area contributed by atoms with Gasteiger partial charge in [0, 0.05) is 21.0 Å². The maximum atomic E-state index is 13.2. The number of fused-ring (bicyclic) bond motifs is 1. The summed E-state index contributed by atoms with van der Waals surface area (Å²) < 4.78 is 10.5. The van der Waals surface area contributed by atoms with Gasteiger partial charge in [0.05, 0.1) is 25.0 Å². The molecule has 4 rings (SSSR count). The third kappa shape index (κ3) is 6.14. The van der Waals surface area contributed by atoms with Crippen molar-refractivity contribution in [2.24, 2.45) is 5.92 Å². The SMILES string of the molecule is CCC(Sc1cccc(NC(=O)c2ccc(OC)c(OC)c2)c1)C(=O)Nc1sc2c(c1C#N)CCC(C)C2. The Hall–Kier alpha value is -3.48. The van der Waals surface area contributed by atoms with Crippen LogP contribution in [0.4, 0.5) is 10.7 Å². The number of thiophene rings is 1. The van der Waals surface area contributed by atoms with Crippen molar-refractivity contribution in [3.8, 4) is 17.6 Å². The lowest BCUT2D eigenvalue weighted by molar-refractivity contribution is -0.115.